The number of hydrogen-bond acceptors (Lipinski definition) is 6. The van der Waals surface area contributed by atoms with Crippen LogP contribution in [0.3, 0.4) is 0 Å². The molecule has 0 aromatic carbocycles. The summed E-state index contributed by atoms with van der Waals surface area (Å²) < 4.78 is 24.1. The van der Waals surface area contributed by atoms with Crippen LogP contribution in [0.2, 0.25) is 0 Å². The number of methoxy groups -OCH3 is 1. The minimum absolute atomic E-state index is 0.0227. The molecule has 0 radical (unpaired) electrons. The summed E-state index contributed by atoms with van der Waals surface area (Å²) in [6, 6.07) is 4.48. The van der Waals surface area contributed by atoms with E-state index >= 15 is 0 Å². The van der Waals surface area contributed by atoms with Crippen molar-refractivity contribution < 1.29 is 13.9 Å². The average molecular weight is 429 g/mol. The standard InChI is InChI=1S/C24H33FN4O2/c1-14(2)18-7-6-17(24(27-18)30-5)22-15(3)10-19-23(28-22)16(4)13-29(19)20-11-26-12-21(20)31-9-8-25/h6-7,10,13-14,19-21,23,26H,8-9,11-12H2,1-5H3/t19?,20-,21+,23?/m1/s1. The number of nitrogens with zero attached hydrogens (tertiary/aromatic N) is 3. The van der Waals surface area contributed by atoms with E-state index in [1.54, 1.807) is 7.11 Å². The van der Waals surface area contributed by atoms with Crippen molar-refractivity contribution >= 4 is 5.71 Å². The van der Waals surface area contributed by atoms with Gasteiger partial charge in [0, 0.05) is 25.0 Å². The molecule has 2 unspecified atom stereocenters. The number of alkyl halides is 1. The van der Waals surface area contributed by atoms with Gasteiger partial charge in [0.25, 0.3) is 0 Å². The molecule has 1 fully saturated rings. The van der Waals surface area contributed by atoms with Crippen LogP contribution in [0, 0.1) is 0 Å². The Bertz CT molecular complexity index is 911. The van der Waals surface area contributed by atoms with Gasteiger partial charge in [-0.2, -0.15) is 0 Å². The molecule has 6 nitrogen and oxygen atoms in total. The molecule has 1 saturated heterocycles. The number of allylic oxidation sites excluding steroid dienone is 1. The predicted molar refractivity (Wildman–Crippen MR) is 121 cm³/mol. The lowest BCUT2D eigenvalue weighted by atomic mass is 9.92. The van der Waals surface area contributed by atoms with Crippen LogP contribution in [0.25, 0.3) is 0 Å². The van der Waals surface area contributed by atoms with Crippen LogP contribution in [0.5, 0.6) is 5.88 Å². The molecule has 3 aliphatic rings. The number of fused-ring (bicyclic) bond motifs is 1. The largest absolute Gasteiger partial charge is 0.480 e. The van der Waals surface area contributed by atoms with Crippen LogP contribution >= 0.6 is 0 Å². The molecule has 4 heterocycles. The fourth-order valence-electron chi connectivity index (χ4n) is 4.78. The second kappa shape index (κ2) is 9.09. The fourth-order valence-corrected chi connectivity index (χ4v) is 4.78. The second-order valence-electron chi connectivity index (χ2n) is 8.85. The number of halogens is 1. The van der Waals surface area contributed by atoms with E-state index in [0.29, 0.717) is 11.8 Å². The van der Waals surface area contributed by atoms with E-state index in [1.807, 2.05) is 0 Å². The third-order valence-electron chi connectivity index (χ3n) is 6.39. The number of dihydropyridines is 1. The summed E-state index contributed by atoms with van der Waals surface area (Å²) in [6.45, 7) is 9.73. The molecule has 4 atom stereocenters. The highest BCUT2D eigenvalue weighted by Crippen LogP contribution is 2.36. The maximum atomic E-state index is 12.7. The van der Waals surface area contributed by atoms with Gasteiger partial charge in [-0.3, -0.25) is 4.99 Å². The van der Waals surface area contributed by atoms with Gasteiger partial charge >= 0.3 is 0 Å². The van der Waals surface area contributed by atoms with Crippen LogP contribution in [0.4, 0.5) is 4.39 Å². The molecular weight excluding hydrogens is 395 g/mol. The Labute approximate surface area is 184 Å². The van der Waals surface area contributed by atoms with Gasteiger partial charge in [-0.15, -0.1) is 0 Å². The fraction of sp³-hybridized carbons (Fsp3) is 0.583. The van der Waals surface area contributed by atoms with Crippen molar-refractivity contribution in [2.24, 2.45) is 4.99 Å². The average Bonchev–Trinajstić information content (AvgIpc) is 3.35. The highest BCUT2D eigenvalue weighted by molar-refractivity contribution is 6.14. The molecule has 3 aliphatic heterocycles. The number of pyridine rings is 1. The van der Waals surface area contributed by atoms with Crippen LogP contribution in [0.1, 0.15) is 44.9 Å². The van der Waals surface area contributed by atoms with Gasteiger partial charge in [-0.05, 0) is 43.0 Å². The summed E-state index contributed by atoms with van der Waals surface area (Å²) in [5.41, 5.74) is 5.20. The SMILES string of the molecule is COc1nc(C(C)C)ccc1C1=NC2C(C)=CN([C@@H]3CNC[C@@H]3OCCF)C2C=C1C. The topological polar surface area (TPSA) is 59.0 Å². The first kappa shape index (κ1) is 22.0. The third kappa shape index (κ3) is 4.13. The molecule has 31 heavy (non-hydrogen) atoms. The lowest BCUT2D eigenvalue weighted by molar-refractivity contribution is 0.0139. The maximum Gasteiger partial charge on any atom is 0.222 e. The highest BCUT2D eigenvalue weighted by atomic mass is 19.1. The first-order valence-electron chi connectivity index (χ1n) is 11.1. The maximum absolute atomic E-state index is 12.7. The second-order valence-corrected chi connectivity index (χ2v) is 8.85. The zero-order valence-corrected chi connectivity index (χ0v) is 19.1. The number of hydrogen-bond donors (Lipinski definition) is 1. The monoisotopic (exact) mass is 428 g/mol. The van der Waals surface area contributed by atoms with Crippen LogP contribution in [0.15, 0.2) is 40.5 Å². The summed E-state index contributed by atoms with van der Waals surface area (Å²) in [7, 11) is 1.66. The highest BCUT2D eigenvalue weighted by Gasteiger charge is 2.42. The molecule has 7 heteroatoms. The molecule has 1 aromatic heterocycles. The number of aromatic nitrogens is 1. The molecule has 0 spiro atoms. The van der Waals surface area contributed by atoms with E-state index in [0.717, 1.165) is 35.6 Å². The number of ether oxygens (including phenoxy) is 2. The molecule has 0 bridgehead atoms. The van der Waals surface area contributed by atoms with Gasteiger partial charge in [0.15, 0.2) is 0 Å². The van der Waals surface area contributed by atoms with Gasteiger partial charge in [0.2, 0.25) is 5.88 Å². The summed E-state index contributed by atoms with van der Waals surface area (Å²) in [6.07, 6.45) is 4.47. The zero-order valence-electron chi connectivity index (χ0n) is 19.1. The van der Waals surface area contributed by atoms with Gasteiger partial charge in [-0.25, -0.2) is 9.37 Å². The predicted octanol–water partition coefficient (Wildman–Crippen LogP) is 3.25. The van der Waals surface area contributed by atoms with Crippen molar-refractivity contribution in [1.29, 1.82) is 0 Å². The molecule has 0 amide bonds. The van der Waals surface area contributed by atoms with E-state index in [9.17, 15) is 4.39 Å². The molecule has 1 N–H and O–H groups in total. The Morgan fingerprint density at radius 2 is 2.06 bits per heavy atom. The number of aliphatic imine (C=N–C) groups is 1. The number of nitrogens with one attached hydrogen (secondary N) is 1. The molecule has 168 valence electrons. The Morgan fingerprint density at radius 3 is 2.77 bits per heavy atom. The summed E-state index contributed by atoms with van der Waals surface area (Å²) in [5.74, 6) is 0.950. The Balaban J connectivity index is 1.62. The van der Waals surface area contributed by atoms with E-state index in [4.69, 9.17) is 19.5 Å². The van der Waals surface area contributed by atoms with Crippen molar-refractivity contribution in [3.8, 4) is 5.88 Å². The Hall–Kier alpha value is -2.25. The van der Waals surface area contributed by atoms with Gasteiger partial charge in [-0.1, -0.05) is 19.9 Å². The van der Waals surface area contributed by atoms with E-state index in [-0.39, 0.29) is 30.8 Å². The minimum atomic E-state index is -0.456. The van der Waals surface area contributed by atoms with Crippen molar-refractivity contribution in [3.63, 3.8) is 0 Å². The van der Waals surface area contributed by atoms with Crippen LogP contribution < -0.4 is 10.1 Å². The lowest BCUT2D eigenvalue weighted by Gasteiger charge is -2.36. The molecular formula is C24H33FN4O2. The molecule has 0 aliphatic carbocycles. The van der Waals surface area contributed by atoms with Crippen molar-refractivity contribution in [2.45, 2.75) is 57.8 Å². The summed E-state index contributed by atoms with van der Waals surface area (Å²) in [4.78, 5) is 12.2. The van der Waals surface area contributed by atoms with Crippen molar-refractivity contribution in [2.75, 3.05) is 33.5 Å². The van der Waals surface area contributed by atoms with E-state index in [1.165, 1.54) is 5.57 Å². The third-order valence-corrected chi connectivity index (χ3v) is 6.39. The van der Waals surface area contributed by atoms with Crippen LogP contribution in [-0.4, -0.2) is 73.3 Å². The zero-order chi connectivity index (χ0) is 22.1. The smallest absolute Gasteiger partial charge is 0.222 e. The first-order valence-corrected chi connectivity index (χ1v) is 11.1. The van der Waals surface area contributed by atoms with Gasteiger partial charge in [0.1, 0.15) is 6.67 Å². The van der Waals surface area contributed by atoms with Gasteiger partial charge < -0.3 is 19.7 Å². The first-order chi connectivity index (χ1) is 14.9. The van der Waals surface area contributed by atoms with E-state index in [2.05, 4.69) is 62.3 Å². The molecule has 4 rings (SSSR count). The number of rotatable bonds is 7. The van der Waals surface area contributed by atoms with Crippen LogP contribution in [-0.2, 0) is 4.74 Å². The lowest BCUT2D eigenvalue weighted by Crippen LogP contribution is -2.48. The normalized spacial score (nSPS) is 27.8. The van der Waals surface area contributed by atoms with Crippen molar-refractivity contribution in [3.05, 3.63) is 46.8 Å². The van der Waals surface area contributed by atoms with Gasteiger partial charge in [0.05, 0.1) is 49.2 Å². The summed E-state index contributed by atoms with van der Waals surface area (Å²) in [5, 5.41) is 3.39. The molecule has 1 aromatic rings. The van der Waals surface area contributed by atoms with E-state index < -0.39 is 6.67 Å². The summed E-state index contributed by atoms with van der Waals surface area (Å²) >= 11 is 0. The molecule has 0 saturated carbocycles. The Kier molecular flexibility index (Phi) is 6.44. The quantitative estimate of drug-likeness (QED) is 0.723. The minimum Gasteiger partial charge on any atom is -0.480 e. The Morgan fingerprint density at radius 1 is 1.26 bits per heavy atom. The van der Waals surface area contributed by atoms with Crippen molar-refractivity contribution in [1.82, 2.24) is 15.2 Å².